The van der Waals surface area contributed by atoms with E-state index in [0.717, 1.165) is 22.3 Å². The predicted molar refractivity (Wildman–Crippen MR) is 162 cm³/mol. The SMILES string of the molecule is C#CCOc1cccc(/C=c2\sc3n(c2=O)[C@H](c2ccc(C(C)C)cc2)C(C(=O)OCC)=C(c2ccccc2)N=3)c1. The fourth-order valence-corrected chi connectivity index (χ4v) is 5.79. The summed E-state index contributed by atoms with van der Waals surface area (Å²) in [5.41, 5.74) is 4.12. The van der Waals surface area contributed by atoms with E-state index in [-0.39, 0.29) is 18.8 Å². The third-order valence-corrected chi connectivity index (χ3v) is 7.75. The molecule has 0 bridgehead atoms. The van der Waals surface area contributed by atoms with E-state index >= 15 is 0 Å². The summed E-state index contributed by atoms with van der Waals surface area (Å²) in [7, 11) is 0. The van der Waals surface area contributed by atoms with Crippen LogP contribution in [0, 0.1) is 12.3 Å². The van der Waals surface area contributed by atoms with Gasteiger partial charge < -0.3 is 9.47 Å². The number of esters is 1. The van der Waals surface area contributed by atoms with Crippen LogP contribution in [0.25, 0.3) is 11.8 Å². The van der Waals surface area contributed by atoms with Crippen LogP contribution in [0.3, 0.4) is 0 Å². The Morgan fingerprint density at radius 3 is 2.54 bits per heavy atom. The lowest BCUT2D eigenvalue weighted by Crippen LogP contribution is -2.40. The largest absolute Gasteiger partial charge is 0.481 e. The van der Waals surface area contributed by atoms with Gasteiger partial charge in [0.05, 0.1) is 28.5 Å². The molecule has 0 saturated carbocycles. The maximum atomic E-state index is 14.1. The van der Waals surface area contributed by atoms with Crippen molar-refractivity contribution in [2.75, 3.05) is 13.2 Å². The topological polar surface area (TPSA) is 69.9 Å². The molecule has 0 aliphatic carbocycles. The summed E-state index contributed by atoms with van der Waals surface area (Å²) >= 11 is 1.28. The van der Waals surface area contributed by atoms with Gasteiger partial charge in [-0.05, 0) is 47.7 Å². The second kappa shape index (κ2) is 12.2. The Balaban J connectivity index is 1.76. The van der Waals surface area contributed by atoms with Gasteiger partial charge in [0.2, 0.25) is 0 Å². The van der Waals surface area contributed by atoms with Gasteiger partial charge >= 0.3 is 5.97 Å². The zero-order valence-electron chi connectivity index (χ0n) is 23.2. The molecule has 41 heavy (non-hydrogen) atoms. The quantitative estimate of drug-likeness (QED) is 0.222. The fraction of sp³-hybridized carbons (Fsp3) is 0.206. The van der Waals surface area contributed by atoms with Crippen LogP contribution in [-0.2, 0) is 9.53 Å². The molecular formula is C34H30N2O4S. The Bertz CT molecular complexity index is 1820. The lowest BCUT2D eigenvalue weighted by atomic mass is 9.91. The molecule has 0 unspecified atom stereocenters. The normalized spacial score (nSPS) is 14.8. The summed E-state index contributed by atoms with van der Waals surface area (Å²) in [6.07, 6.45) is 7.14. The van der Waals surface area contributed by atoms with E-state index < -0.39 is 12.0 Å². The van der Waals surface area contributed by atoms with Crippen molar-refractivity contribution in [3.05, 3.63) is 126 Å². The second-order valence-electron chi connectivity index (χ2n) is 9.82. The number of carbonyl (C=O) groups excluding carboxylic acids is 1. The van der Waals surface area contributed by atoms with Gasteiger partial charge in [0.15, 0.2) is 4.80 Å². The van der Waals surface area contributed by atoms with E-state index in [4.69, 9.17) is 20.9 Å². The number of nitrogens with zero attached hydrogens (tertiary/aromatic N) is 2. The minimum absolute atomic E-state index is 0.153. The molecule has 7 heteroatoms. The first kappa shape index (κ1) is 27.9. The standard InChI is InChI=1S/C34H30N2O4S/c1-5-19-40-27-14-10-11-23(20-27)21-28-32(37)36-31(26-17-15-24(16-18-26)22(3)4)29(33(38)39-6-2)30(35-34(36)41-28)25-12-8-7-9-13-25/h1,7-18,20-22,31H,6,19H2,2-4H3/b28-21-/t31-/m1/s1. The number of fused-ring (bicyclic) bond motifs is 1. The predicted octanol–water partition coefficient (Wildman–Crippen LogP) is 5.07. The molecule has 206 valence electrons. The Morgan fingerprint density at radius 1 is 1.10 bits per heavy atom. The van der Waals surface area contributed by atoms with Crippen LogP contribution in [0.4, 0.5) is 0 Å². The lowest BCUT2D eigenvalue weighted by molar-refractivity contribution is -0.138. The fourth-order valence-electron chi connectivity index (χ4n) is 4.79. The molecular weight excluding hydrogens is 532 g/mol. The third kappa shape index (κ3) is 5.79. The van der Waals surface area contributed by atoms with Gasteiger partial charge in [-0.25, -0.2) is 9.79 Å². The average molecular weight is 563 g/mol. The zero-order chi connectivity index (χ0) is 28.9. The molecule has 5 rings (SSSR count). The summed E-state index contributed by atoms with van der Waals surface area (Å²) in [5, 5.41) is 0. The molecule has 4 aromatic rings. The minimum atomic E-state index is -0.714. The summed E-state index contributed by atoms with van der Waals surface area (Å²) in [6.45, 7) is 6.38. The Morgan fingerprint density at radius 2 is 1.85 bits per heavy atom. The summed E-state index contributed by atoms with van der Waals surface area (Å²) in [5.74, 6) is 2.91. The van der Waals surface area contributed by atoms with Crippen LogP contribution in [-0.4, -0.2) is 23.8 Å². The van der Waals surface area contributed by atoms with Crippen molar-refractivity contribution in [2.24, 2.45) is 4.99 Å². The van der Waals surface area contributed by atoms with Crippen molar-refractivity contribution >= 4 is 29.1 Å². The number of ether oxygens (including phenoxy) is 2. The summed E-state index contributed by atoms with van der Waals surface area (Å²) in [4.78, 5) is 33.1. The zero-order valence-corrected chi connectivity index (χ0v) is 24.0. The molecule has 0 amide bonds. The highest BCUT2D eigenvalue weighted by atomic mass is 32.1. The van der Waals surface area contributed by atoms with E-state index in [2.05, 4.69) is 19.8 Å². The average Bonchev–Trinajstić information content (AvgIpc) is 3.30. The maximum Gasteiger partial charge on any atom is 0.338 e. The number of aromatic nitrogens is 1. The van der Waals surface area contributed by atoms with Crippen molar-refractivity contribution in [3.8, 4) is 18.1 Å². The molecule has 0 N–H and O–H groups in total. The van der Waals surface area contributed by atoms with Crippen molar-refractivity contribution < 1.29 is 14.3 Å². The highest BCUT2D eigenvalue weighted by molar-refractivity contribution is 7.07. The summed E-state index contributed by atoms with van der Waals surface area (Å²) < 4.78 is 13.2. The van der Waals surface area contributed by atoms with Crippen LogP contribution in [0.5, 0.6) is 5.75 Å². The van der Waals surface area contributed by atoms with Crippen molar-refractivity contribution in [1.82, 2.24) is 4.57 Å². The molecule has 3 aromatic carbocycles. The van der Waals surface area contributed by atoms with Gasteiger partial charge in [0, 0.05) is 5.56 Å². The van der Waals surface area contributed by atoms with Crippen LogP contribution in [0.2, 0.25) is 0 Å². The van der Waals surface area contributed by atoms with Gasteiger partial charge in [-0.2, -0.15) is 0 Å². The van der Waals surface area contributed by atoms with Gasteiger partial charge in [0.1, 0.15) is 12.4 Å². The van der Waals surface area contributed by atoms with Gasteiger partial charge in [-0.3, -0.25) is 9.36 Å². The molecule has 0 saturated heterocycles. The molecule has 0 radical (unpaired) electrons. The number of thiazole rings is 1. The monoisotopic (exact) mass is 562 g/mol. The number of rotatable bonds is 8. The maximum absolute atomic E-state index is 14.1. The molecule has 1 atom stereocenters. The molecule has 6 nitrogen and oxygen atoms in total. The van der Waals surface area contributed by atoms with E-state index in [1.807, 2.05) is 84.9 Å². The number of carbonyl (C=O) groups is 1. The highest BCUT2D eigenvalue weighted by Crippen LogP contribution is 2.35. The first-order valence-corrected chi connectivity index (χ1v) is 14.3. The van der Waals surface area contributed by atoms with E-state index in [1.165, 1.54) is 11.3 Å². The number of hydrogen-bond acceptors (Lipinski definition) is 6. The van der Waals surface area contributed by atoms with Gasteiger partial charge in [-0.1, -0.05) is 97.8 Å². The van der Waals surface area contributed by atoms with Crippen molar-refractivity contribution in [3.63, 3.8) is 0 Å². The van der Waals surface area contributed by atoms with Gasteiger partial charge in [-0.15, -0.1) is 6.42 Å². The minimum Gasteiger partial charge on any atom is -0.481 e. The first-order chi connectivity index (χ1) is 19.9. The molecule has 1 aliphatic rings. The summed E-state index contributed by atoms with van der Waals surface area (Å²) in [6, 6.07) is 24.3. The third-order valence-electron chi connectivity index (χ3n) is 6.77. The Labute approximate surface area is 242 Å². The van der Waals surface area contributed by atoms with Crippen LogP contribution < -0.4 is 19.6 Å². The van der Waals surface area contributed by atoms with Crippen molar-refractivity contribution in [1.29, 1.82) is 0 Å². The second-order valence-corrected chi connectivity index (χ2v) is 10.8. The van der Waals surface area contributed by atoms with Crippen LogP contribution in [0.15, 0.2) is 94.2 Å². The molecule has 0 fully saturated rings. The molecule has 1 aromatic heterocycles. The number of benzene rings is 3. The van der Waals surface area contributed by atoms with E-state index in [1.54, 1.807) is 11.5 Å². The lowest BCUT2D eigenvalue weighted by Gasteiger charge is -2.26. The van der Waals surface area contributed by atoms with Gasteiger partial charge in [0.25, 0.3) is 5.56 Å². The highest BCUT2D eigenvalue weighted by Gasteiger charge is 2.35. The van der Waals surface area contributed by atoms with Crippen LogP contribution in [0.1, 0.15) is 55.0 Å². The van der Waals surface area contributed by atoms with Crippen LogP contribution >= 0.6 is 11.3 Å². The van der Waals surface area contributed by atoms with Crippen molar-refractivity contribution in [2.45, 2.75) is 32.7 Å². The van der Waals surface area contributed by atoms with E-state index in [0.29, 0.717) is 32.3 Å². The molecule has 0 spiro atoms. The number of hydrogen-bond donors (Lipinski definition) is 0. The molecule has 2 heterocycles. The molecule has 1 aliphatic heterocycles. The number of terminal acetylenes is 1. The Kier molecular flexibility index (Phi) is 8.32. The smallest absolute Gasteiger partial charge is 0.338 e. The Hall–Kier alpha value is -4.67. The first-order valence-electron chi connectivity index (χ1n) is 13.5. The van der Waals surface area contributed by atoms with E-state index in [9.17, 15) is 9.59 Å².